The number of amides is 1. The molecule has 0 aromatic heterocycles. The van der Waals surface area contributed by atoms with E-state index < -0.39 is 28.7 Å². The Morgan fingerprint density at radius 3 is 2.69 bits per heavy atom. The normalized spacial score (nSPS) is 23.3. The van der Waals surface area contributed by atoms with Crippen LogP contribution in [-0.4, -0.2) is 17.2 Å². The molecule has 8 heteroatoms. The highest BCUT2D eigenvalue weighted by Gasteiger charge is 2.41. The van der Waals surface area contributed by atoms with E-state index in [1.165, 1.54) is 12.1 Å². The summed E-state index contributed by atoms with van der Waals surface area (Å²) in [6.07, 6.45) is 0.188. The van der Waals surface area contributed by atoms with Gasteiger partial charge in [-0.1, -0.05) is 12.8 Å². The Morgan fingerprint density at radius 1 is 1.38 bits per heavy atom. The number of nitrogens with zero attached hydrogens (tertiary/aromatic N) is 2. The van der Waals surface area contributed by atoms with Crippen LogP contribution in [0.2, 0.25) is 0 Å². The number of benzene rings is 1. The van der Waals surface area contributed by atoms with Gasteiger partial charge in [0.25, 0.3) is 5.91 Å². The zero-order chi connectivity index (χ0) is 18.9. The summed E-state index contributed by atoms with van der Waals surface area (Å²) in [4.78, 5) is 12.6. The monoisotopic (exact) mass is 364 g/mol. The van der Waals surface area contributed by atoms with Gasteiger partial charge in [-0.25, -0.2) is 0 Å². The first-order chi connectivity index (χ1) is 12.2. The lowest BCUT2D eigenvalue weighted by Gasteiger charge is -2.23. The number of hydrogen-bond acceptors (Lipinski definition) is 4. The molecular formula is C18H19F3N4O. The van der Waals surface area contributed by atoms with E-state index in [-0.39, 0.29) is 5.69 Å². The molecule has 5 nitrogen and oxygen atoms in total. The molecule has 3 rings (SSSR count). The van der Waals surface area contributed by atoms with E-state index in [4.69, 9.17) is 5.26 Å². The van der Waals surface area contributed by atoms with E-state index in [9.17, 15) is 18.0 Å². The third-order valence-corrected chi connectivity index (χ3v) is 5.01. The number of carbonyl (C=O) groups is 1. The maximum absolute atomic E-state index is 13.1. The lowest BCUT2D eigenvalue weighted by molar-refractivity contribution is -0.137. The minimum Gasteiger partial charge on any atom is -0.324 e. The zero-order valence-corrected chi connectivity index (χ0v) is 14.3. The SMILES string of the molecule is CC1(C(=O)Nc2ccc(C#N)c(C(F)(F)F)c2)CC(C2CCCC2)=NN1. The van der Waals surface area contributed by atoms with Crippen LogP contribution < -0.4 is 10.7 Å². The van der Waals surface area contributed by atoms with Gasteiger partial charge in [0, 0.05) is 17.8 Å². The maximum Gasteiger partial charge on any atom is 0.417 e. The molecule has 0 saturated heterocycles. The third-order valence-electron chi connectivity index (χ3n) is 5.01. The molecule has 1 aromatic rings. The predicted molar refractivity (Wildman–Crippen MR) is 90.3 cm³/mol. The topological polar surface area (TPSA) is 77.3 Å². The summed E-state index contributed by atoms with van der Waals surface area (Å²) < 4.78 is 39.2. The molecule has 1 heterocycles. The molecule has 1 unspecified atom stereocenters. The molecule has 1 aromatic carbocycles. The number of nitriles is 1. The highest BCUT2D eigenvalue weighted by molar-refractivity contribution is 6.03. The van der Waals surface area contributed by atoms with E-state index >= 15 is 0 Å². The Kier molecular flexibility index (Phi) is 4.65. The first-order valence-electron chi connectivity index (χ1n) is 8.49. The second kappa shape index (κ2) is 6.63. The summed E-state index contributed by atoms with van der Waals surface area (Å²) in [6.45, 7) is 1.68. The second-order valence-electron chi connectivity index (χ2n) is 7.03. The number of rotatable bonds is 3. The van der Waals surface area contributed by atoms with Crippen LogP contribution in [0.5, 0.6) is 0 Å². The Balaban J connectivity index is 1.73. The van der Waals surface area contributed by atoms with Crippen molar-refractivity contribution in [1.29, 1.82) is 5.26 Å². The van der Waals surface area contributed by atoms with E-state index in [1.54, 1.807) is 6.92 Å². The van der Waals surface area contributed by atoms with Gasteiger partial charge >= 0.3 is 6.18 Å². The summed E-state index contributed by atoms with van der Waals surface area (Å²) >= 11 is 0. The average molecular weight is 364 g/mol. The van der Waals surface area contributed by atoms with Gasteiger partial charge in [0.05, 0.1) is 17.2 Å². The molecule has 1 amide bonds. The fraction of sp³-hybridized carbons (Fsp3) is 0.500. The number of alkyl halides is 3. The summed E-state index contributed by atoms with van der Waals surface area (Å²) in [5.74, 6) is -0.0732. The van der Waals surface area contributed by atoms with E-state index in [1.807, 2.05) is 0 Å². The summed E-state index contributed by atoms with van der Waals surface area (Å²) in [5.41, 5.74) is 1.26. The molecule has 0 bridgehead atoms. The average Bonchev–Trinajstić information content (AvgIpc) is 3.24. The Hall–Kier alpha value is -2.56. The van der Waals surface area contributed by atoms with Crippen LogP contribution >= 0.6 is 0 Å². The zero-order valence-electron chi connectivity index (χ0n) is 14.3. The van der Waals surface area contributed by atoms with Crippen molar-refractivity contribution in [3.8, 4) is 6.07 Å². The Bertz CT molecular complexity index is 791. The van der Waals surface area contributed by atoms with Crippen molar-refractivity contribution in [2.75, 3.05) is 5.32 Å². The summed E-state index contributed by atoms with van der Waals surface area (Å²) in [7, 11) is 0. The van der Waals surface area contributed by atoms with Crippen molar-refractivity contribution >= 4 is 17.3 Å². The quantitative estimate of drug-likeness (QED) is 0.856. The largest absolute Gasteiger partial charge is 0.417 e. The molecule has 1 fully saturated rings. The van der Waals surface area contributed by atoms with Crippen LogP contribution in [0.15, 0.2) is 23.3 Å². The molecule has 26 heavy (non-hydrogen) atoms. The number of halogens is 3. The van der Waals surface area contributed by atoms with Crippen LogP contribution in [0.4, 0.5) is 18.9 Å². The van der Waals surface area contributed by atoms with E-state index in [2.05, 4.69) is 15.8 Å². The molecule has 1 aliphatic carbocycles. The molecule has 1 saturated carbocycles. The second-order valence-corrected chi connectivity index (χ2v) is 7.03. The fourth-order valence-corrected chi connectivity index (χ4v) is 3.49. The maximum atomic E-state index is 13.1. The minimum atomic E-state index is -4.67. The molecule has 1 atom stereocenters. The fourth-order valence-electron chi connectivity index (χ4n) is 3.49. The van der Waals surface area contributed by atoms with Gasteiger partial charge in [-0.2, -0.15) is 23.5 Å². The van der Waals surface area contributed by atoms with Crippen molar-refractivity contribution in [3.05, 3.63) is 29.3 Å². The molecule has 138 valence electrons. The lowest BCUT2D eigenvalue weighted by Crippen LogP contribution is -2.48. The van der Waals surface area contributed by atoms with Gasteiger partial charge in [0.1, 0.15) is 5.54 Å². The summed E-state index contributed by atoms with van der Waals surface area (Å²) in [6, 6.07) is 4.66. The van der Waals surface area contributed by atoms with Crippen LogP contribution in [0.3, 0.4) is 0 Å². The molecule has 2 aliphatic rings. The van der Waals surface area contributed by atoms with Crippen molar-refractivity contribution in [1.82, 2.24) is 5.43 Å². The first kappa shape index (κ1) is 18.2. The highest BCUT2D eigenvalue weighted by Crippen LogP contribution is 2.35. The van der Waals surface area contributed by atoms with E-state index in [0.29, 0.717) is 12.3 Å². The summed E-state index contributed by atoms with van der Waals surface area (Å²) in [5, 5.41) is 15.7. The van der Waals surface area contributed by atoms with Crippen LogP contribution in [0, 0.1) is 17.2 Å². The lowest BCUT2D eigenvalue weighted by atomic mass is 9.89. The standard InChI is InChI=1S/C18H19F3N4O/c1-17(9-15(24-25-17)11-4-2-3-5-11)16(26)23-13-7-6-12(10-22)14(8-13)18(19,20)21/h6-8,11,25H,2-5,9H2,1H3,(H,23,26). The molecular weight excluding hydrogens is 345 g/mol. The molecule has 0 spiro atoms. The molecule has 1 aliphatic heterocycles. The van der Waals surface area contributed by atoms with E-state index in [0.717, 1.165) is 43.5 Å². The smallest absolute Gasteiger partial charge is 0.324 e. The van der Waals surface area contributed by atoms with Crippen molar-refractivity contribution < 1.29 is 18.0 Å². The van der Waals surface area contributed by atoms with Gasteiger partial charge in [-0.15, -0.1) is 0 Å². The number of nitrogens with one attached hydrogen (secondary N) is 2. The van der Waals surface area contributed by atoms with Gasteiger partial charge in [-0.05, 0) is 43.9 Å². The van der Waals surface area contributed by atoms with Crippen LogP contribution in [0.25, 0.3) is 0 Å². The number of anilines is 1. The first-order valence-corrected chi connectivity index (χ1v) is 8.49. The van der Waals surface area contributed by atoms with Crippen LogP contribution in [0.1, 0.15) is 50.2 Å². The number of hydrazone groups is 1. The number of hydrogen-bond donors (Lipinski definition) is 2. The highest BCUT2D eigenvalue weighted by atomic mass is 19.4. The predicted octanol–water partition coefficient (Wildman–Crippen LogP) is 3.81. The van der Waals surface area contributed by atoms with Gasteiger partial charge in [0.2, 0.25) is 0 Å². The van der Waals surface area contributed by atoms with Crippen LogP contribution in [-0.2, 0) is 11.0 Å². The molecule has 0 radical (unpaired) electrons. The van der Waals surface area contributed by atoms with Gasteiger partial charge in [0.15, 0.2) is 0 Å². The number of carbonyl (C=O) groups excluding carboxylic acids is 1. The minimum absolute atomic E-state index is 0.00123. The van der Waals surface area contributed by atoms with Crippen molar-refractivity contribution in [2.45, 2.75) is 50.7 Å². The van der Waals surface area contributed by atoms with Gasteiger partial charge in [-0.3, -0.25) is 10.2 Å². The van der Waals surface area contributed by atoms with Gasteiger partial charge < -0.3 is 5.32 Å². The Labute approximate surface area is 149 Å². The van der Waals surface area contributed by atoms with Crippen molar-refractivity contribution in [3.63, 3.8) is 0 Å². The Morgan fingerprint density at radius 2 is 2.08 bits per heavy atom. The molecule has 2 N–H and O–H groups in total. The third kappa shape index (κ3) is 3.52. The van der Waals surface area contributed by atoms with Crippen molar-refractivity contribution in [2.24, 2.45) is 11.0 Å².